The number of unbranched alkanes of at least 4 members (excludes halogenated alkanes) is 4. The van der Waals surface area contributed by atoms with Crippen LogP contribution in [-0.2, 0) is 10.9 Å². The van der Waals surface area contributed by atoms with E-state index in [1.165, 1.54) is 50.0 Å². The van der Waals surface area contributed by atoms with Crippen molar-refractivity contribution >= 4 is 10.9 Å². The number of hydrogen-bond acceptors (Lipinski definition) is 0. The van der Waals surface area contributed by atoms with E-state index in [1.54, 1.807) is 0 Å². The van der Waals surface area contributed by atoms with Gasteiger partial charge in [0.25, 0.3) is 0 Å². The van der Waals surface area contributed by atoms with Gasteiger partial charge >= 0.3 is 0 Å². The first kappa shape index (κ1) is 12.3. The maximum atomic E-state index is 2.44. The molecular weight excluding hydrogens is 164 g/mol. The molecule has 12 heavy (non-hydrogen) atoms. The Morgan fingerprint density at radius 1 is 0.750 bits per heavy atom. The zero-order chi connectivity index (χ0) is 9.23. The van der Waals surface area contributed by atoms with Crippen molar-refractivity contribution < 1.29 is 0 Å². The van der Waals surface area contributed by atoms with Crippen LogP contribution in [0, 0.1) is 0 Å². The highest BCUT2D eigenvalue weighted by atomic mass is 32.2. The molecule has 0 saturated heterocycles. The largest absolute Gasteiger partial charge is 0.107 e. The van der Waals surface area contributed by atoms with Gasteiger partial charge in [0.05, 0.1) is 6.26 Å². The van der Waals surface area contributed by atoms with Gasteiger partial charge in [0.1, 0.15) is 11.5 Å². The molecule has 0 heterocycles. The van der Waals surface area contributed by atoms with Crippen molar-refractivity contribution in [2.45, 2.75) is 52.4 Å². The lowest BCUT2D eigenvalue weighted by atomic mass is 10.3. The minimum absolute atomic E-state index is 0.727. The Bertz CT molecular complexity index is 71.1. The fourth-order valence-corrected chi connectivity index (χ4v) is 2.90. The smallest absolute Gasteiger partial charge is 0.0654 e. The molecule has 0 nitrogen and oxygen atoms in total. The van der Waals surface area contributed by atoms with E-state index < -0.39 is 0 Å². The van der Waals surface area contributed by atoms with Gasteiger partial charge in [-0.05, 0) is 36.6 Å². The Balaban J connectivity index is 3.04. The Morgan fingerprint density at radius 2 is 1.17 bits per heavy atom. The van der Waals surface area contributed by atoms with E-state index in [0.717, 1.165) is 10.9 Å². The second-order valence-corrected chi connectivity index (χ2v) is 5.98. The molecule has 0 fully saturated rings. The van der Waals surface area contributed by atoms with Crippen molar-refractivity contribution in [1.82, 2.24) is 0 Å². The predicted octanol–water partition coefficient (Wildman–Crippen LogP) is 3.61. The fraction of sp³-hybridized carbons (Fsp3) is 1.00. The molecule has 0 aromatic rings. The molecule has 0 aromatic carbocycles. The third-order valence-electron chi connectivity index (χ3n) is 2.19. The standard InChI is InChI=1S/C11H25S/c1-4-6-8-10-12(3)11-9-7-5-2/h4-11H2,1-3H3/q+1. The first-order chi connectivity index (χ1) is 5.81. The zero-order valence-electron chi connectivity index (χ0n) is 9.07. The molecule has 74 valence electrons. The van der Waals surface area contributed by atoms with Crippen LogP contribution in [0.2, 0.25) is 0 Å². The fourth-order valence-electron chi connectivity index (χ4n) is 1.30. The van der Waals surface area contributed by atoms with Crippen LogP contribution in [0.4, 0.5) is 0 Å². The molecule has 0 aliphatic heterocycles. The highest BCUT2D eigenvalue weighted by molar-refractivity contribution is 7.96. The molecule has 0 spiro atoms. The van der Waals surface area contributed by atoms with Crippen LogP contribution in [0.1, 0.15) is 52.4 Å². The van der Waals surface area contributed by atoms with Crippen LogP contribution in [0.25, 0.3) is 0 Å². The predicted molar refractivity (Wildman–Crippen MR) is 62.1 cm³/mol. The molecule has 0 saturated carbocycles. The monoisotopic (exact) mass is 189 g/mol. The first-order valence-electron chi connectivity index (χ1n) is 5.40. The van der Waals surface area contributed by atoms with Crippen molar-refractivity contribution in [3.8, 4) is 0 Å². The van der Waals surface area contributed by atoms with E-state index in [9.17, 15) is 0 Å². The Kier molecular flexibility index (Phi) is 9.71. The van der Waals surface area contributed by atoms with E-state index in [0.29, 0.717) is 0 Å². The van der Waals surface area contributed by atoms with Gasteiger partial charge in [-0.3, -0.25) is 0 Å². The molecule has 0 radical (unpaired) electrons. The minimum atomic E-state index is 0.727. The molecule has 0 N–H and O–H groups in total. The quantitative estimate of drug-likeness (QED) is 0.404. The summed E-state index contributed by atoms with van der Waals surface area (Å²) in [5, 5.41) is 0. The van der Waals surface area contributed by atoms with Crippen LogP contribution >= 0.6 is 0 Å². The van der Waals surface area contributed by atoms with Gasteiger partial charge in [-0.2, -0.15) is 0 Å². The van der Waals surface area contributed by atoms with Crippen molar-refractivity contribution in [2.24, 2.45) is 0 Å². The molecule has 0 aliphatic rings. The second kappa shape index (κ2) is 9.44. The normalized spacial score (nSPS) is 11.0. The van der Waals surface area contributed by atoms with Gasteiger partial charge in [0.15, 0.2) is 0 Å². The molecule has 1 heteroatoms. The van der Waals surface area contributed by atoms with Gasteiger partial charge in [-0.1, -0.05) is 26.7 Å². The minimum Gasteiger partial charge on any atom is -0.0654 e. The molecular formula is C11H25S+. The van der Waals surface area contributed by atoms with Crippen molar-refractivity contribution in [2.75, 3.05) is 17.8 Å². The maximum absolute atomic E-state index is 2.44. The van der Waals surface area contributed by atoms with Crippen LogP contribution in [0.15, 0.2) is 0 Å². The molecule has 0 amide bonds. The average molecular weight is 189 g/mol. The SMILES string of the molecule is CCCCC[S+](C)CCCCC. The third-order valence-corrected chi connectivity index (χ3v) is 4.16. The van der Waals surface area contributed by atoms with Crippen LogP contribution in [0.3, 0.4) is 0 Å². The molecule has 0 unspecified atom stereocenters. The molecule has 0 bridgehead atoms. The van der Waals surface area contributed by atoms with Crippen LogP contribution in [-0.4, -0.2) is 17.8 Å². The summed E-state index contributed by atoms with van der Waals surface area (Å²) in [7, 11) is 0.727. The van der Waals surface area contributed by atoms with Gasteiger partial charge in [-0.15, -0.1) is 0 Å². The summed E-state index contributed by atoms with van der Waals surface area (Å²) in [5.74, 6) is 2.97. The summed E-state index contributed by atoms with van der Waals surface area (Å²) in [6, 6.07) is 0. The first-order valence-corrected chi connectivity index (χ1v) is 7.37. The summed E-state index contributed by atoms with van der Waals surface area (Å²) < 4.78 is 0. The van der Waals surface area contributed by atoms with Gasteiger partial charge in [0, 0.05) is 0 Å². The molecule has 0 aliphatic carbocycles. The van der Waals surface area contributed by atoms with E-state index >= 15 is 0 Å². The summed E-state index contributed by atoms with van der Waals surface area (Å²) in [4.78, 5) is 0. The number of hydrogen-bond donors (Lipinski definition) is 0. The van der Waals surface area contributed by atoms with Gasteiger partial charge < -0.3 is 0 Å². The average Bonchev–Trinajstić information content (AvgIpc) is 2.06. The van der Waals surface area contributed by atoms with Crippen LogP contribution in [0.5, 0.6) is 0 Å². The second-order valence-electron chi connectivity index (χ2n) is 3.60. The molecule has 0 atom stereocenters. The van der Waals surface area contributed by atoms with Gasteiger partial charge in [0.2, 0.25) is 0 Å². The summed E-state index contributed by atoms with van der Waals surface area (Å²) in [6.07, 6.45) is 11.0. The van der Waals surface area contributed by atoms with Crippen molar-refractivity contribution in [1.29, 1.82) is 0 Å². The van der Waals surface area contributed by atoms with E-state index in [4.69, 9.17) is 0 Å². The Hall–Kier alpha value is 0.350. The van der Waals surface area contributed by atoms with Crippen molar-refractivity contribution in [3.05, 3.63) is 0 Å². The topological polar surface area (TPSA) is 0 Å². The lowest BCUT2D eigenvalue weighted by molar-refractivity contribution is 0.765. The summed E-state index contributed by atoms with van der Waals surface area (Å²) in [5.41, 5.74) is 0. The van der Waals surface area contributed by atoms with E-state index in [-0.39, 0.29) is 0 Å². The van der Waals surface area contributed by atoms with Gasteiger partial charge in [-0.25, -0.2) is 0 Å². The Morgan fingerprint density at radius 3 is 1.50 bits per heavy atom. The zero-order valence-corrected chi connectivity index (χ0v) is 9.88. The van der Waals surface area contributed by atoms with E-state index in [1.807, 2.05) is 0 Å². The van der Waals surface area contributed by atoms with E-state index in [2.05, 4.69) is 20.1 Å². The maximum Gasteiger partial charge on any atom is 0.107 e. The molecule has 0 rings (SSSR count). The lowest BCUT2D eigenvalue weighted by Gasteiger charge is -2.02. The third kappa shape index (κ3) is 8.45. The van der Waals surface area contributed by atoms with Crippen molar-refractivity contribution in [3.63, 3.8) is 0 Å². The lowest BCUT2D eigenvalue weighted by Crippen LogP contribution is -2.09. The summed E-state index contributed by atoms with van der Waals surface area (Å²) >= 11 is 0. The number of rotatable bonds is 8. The highest BCUT2D eigenvalue weighted by Crippen LogP contribution is 2.04. The Labute approximate surface area is 81.5 Å². The highest BCUT2D eigenvalue weighted by Gasteiger charge is 2.08. The van der Waals surface area contributed by atoms with Crippen LogP contribution < -0.4 is 0 Å². The summed E-state index contributed by atoms with van der Waals surface area (Å²) in [6.45, 7) is 4.57. The molecule has 0 aromatic heterocycles.